The third-order valence-corrected chi connectivity index (χ3v) is 4.84. The normalized spacial score (nSPS) is 17.3. The van der Waals surface area contributed by atoms with Crippen LogP contribution >= 0.6 is 0 Å². The Kier molecular flexibility index (Phi) is 3.51. The van der Waals surface area contributed by atoms with Gasteiger partial charge in [-0.05, 0) is 25.0 Å². The Morgan fingerprint density at radius 1 is 1.19 bits per heavy atom. The molecule has 1 aliphatic heterocycles. The lowest BCUT2D eigenvalue weighted by atomic mass is 10.0. The van der Waals surface area contributed by atoms with Crippen LogP contribution in [0, 0.1) is 5.92 Å². The van der Waals surface area contributed by atoms with E-state index in [1.54, 1.807) is 6.20 Å². The number of carbonyl (C=O) groups is 1. The average Bonchev–Trinajstić information content (AvgIpc) is 3.40. The number of hydrogen-bond acceptors (Lipinski definition) is 7. The van der Waals surface area contributed by atoms with E-state index in [1.165, 1.54) is 25.2 Å². The summed E-state index contributed by atoms with van der Waals surface area (Å²) >= 11 is 0. The molecule has 1 N–H and O–H groups in total. The molecule has 0 unspecified atom stereocenters. The van der Waals surface area contributed by atoms with E-state index >= 15 is 0 Å². The molecule has 0 atom stereocenters. The molecule has 132 valence electrons. The van der Waals surface area contributed by atoms with Crippen molar-refractivity contribution in [1.29, 1.82) is 0 Å². The van der Waals surface area contributed by atoms with Gasteiger partial charge in [0.2, 0.25) is 0 Å². The van der Waals surface area contributed by atoms with E-state index in [0.29, 0.717) is 24.1 Å². The van der Waals surface area contributed by atoms with Gasteiger partial charge in [-0.15, -0.1) is 15.3 Å². The fraction of sp³-hybridized carbons (Fsp3) is 0.412. The third-order valence-electron chi connectivity index (χ3n) is 4.84. The quantitative estimate of drug-likeness (QED) is 0.721. The Labute approximate surface area is 149 Å². The second kappa shape index (κ2) is 6.01. The van der Waals surface area contributed by atoms with Gasteiger partial charge in [0, 0.05) is 43.9 Å². The van der Waals surface area contributed by atoms with Crippen LogP contribution in [0.2, 0.25) is 0 Å². The maximum absolute atomic E-state index is 12.0. The molecule has 2 aliphatic rings. The summed E-state index contributed by atoms with van der Waals surface area (Å²) in [5.41, 5.74) is 1.14. The van der Waals surface area contributed by atoms with Gasteiger partial charge in [-0.25, -0.2) is 4.98 Å². The first-order valence-corrected chi connectivity index (χ1v) is 8.79. The molecule has 3 aromatic rings. The number of nitrogens with zero attached hydrogens (tertiary/aromatic N) is 7. The molecule has 0 radical (unpaired) electrons. The Bertz CT molecular complexity index is 946. The van der Waals surface area contributed by atoms with E-state index in [-0.39, 0.29) is 5.91 Å². The van der Waals surface area contributed by atoms with Gasteiger partial charge in [0.15, 0.2) is 11.5 Å². The van der Waals surface area contributed by atoms with Gasteiger partial charge in [-0.3, -0.25) is 9.78 Å². The molecule has 0 bridgehead atoms. The number of amides is 1. The van der Waals surface area contributed by atoms with Gasteiger partial charge in [-0.1, -0.05) is 0 Å². The number of hydrogen-bond donors (Lipinski definition) is 1. The summed E-state index contributed by atoms with van der Waals surface area (Å²) in [5, 5.41) is 16.1. The summed E-state index contributed by atoms with van der Waals surface area (Å²) in [5.74, 6) is 2.62. The highest BCUT2D eigenvalue weighted by molar-refractivity contribution is 5.91. The number of anilines is 1. The highest BCUT2D eigenvalue weighted by atomic mass is 16.1. The minimum absolute atomic E-state index is 0.186. The average molecular weight is 350 g/mol. The van der Waals surface area contributed by atoms with Crippen LogP contribution in [-0.4, -0.2) is 55.3 Å². The molecule has 26 heavy (non-hydrogen) atoms. The molecular weight excluding hydrogens is 332 g/mol. The third kappa shape index (κ3) is 2.75. The summed E-state index contributed by atoms with van der Waals surface area (Å²) in [6, 6.07) is 3.94. The summed E-state index contributed by atoms with van der Waals surface area (Å²) in [7, 11) is 0. The predicted molar refractivity (Wildman–Crippen MR) is 92.8 cm³/mol. The molecule has 9 nitrogen and oxygen atoms in total. The topological polar surface area (TPSA) is 101 Å². The Morgan fingerprint density at radius 2 is 2.08 bits per heavy atom. The molecule has 4 heterocycles. The van der Waals surface area contributed by atoms with Crippen LogP contribution < -0.4 is 10.2 Å². The van der Waals surface area contributed by atoms with E-state index in [1.807, 2.05) is 16.6 Å². The van der Waals surface area contributed by atoms with Gasteiger partial charge in [0.25, 0.3) is 5.91 Å². The molecule has 1 amide bonds. The lowest BCUT2D eigenvalue weighted by molar-refractivity contribution is 0.0939. The first-order valence-electron chi connectivity index (χ1n) is 8.79. The van der Waals surface area contributed by atoms with Crippen LogP contribution in [0.1, 0.15) is 35.1 Å². The molecule has 5 rings (SSSR count). The highest BCUT2D eigenvalue weighted by Crippen LogP contribution is 2.38. The fourth-order valence-corrected chi connectivity index (χ4v) is 3.19. The summed E-state index contributed by atoms with van der Waals surface area (Å²) in [4.78, 5) is 22.1. The van der Waals surface area contributed by atoms with E-state index in [9.17, 15) is 4.79 Å². The van der Waals surface area contributed by atoms with Crippen LogP contribution in [0.3, 0.4) is 0 Å². The monoisotopic (exact) mass is 350 g/mol. The van der Waals surface area contributed by atoms with Crippen molar-refractivity contribution in [1.82, 2.24) is 35.1 Å². The Hall–Kier alpha value is -3.10. The first kappa shape index (κ1) is 15.2. The fourth-order valence-electron chi connectivity index (χ4n) is 3.19. The molecule has 0 spiro atoms. The number of fused-ring (bicyclic) bond motifs is 1. The summed E-state index contributed by atoms with van der Waals surface area (Å²) in [6.45, 7) is 2.34. The lowest BCUT2D eigenvalue weighted by Gasteiger charge is -2.40. The zero-order valence-corrected chi connectivity index (χ0v) is 14.1. The Morgan fingerprint density at radius 3 is 2.85 bits per heavy atom. The second-order valence-corrected chi connectivity index (χ2v) is 6.87. The van der Waals surface area contributed by atoms with E-state index in [0.717, 1.165) is 30.4 Å². The molecule has 1 saturated heterocycles. The van der Waals surface area contributed by atoms with Gasteiger partial charge in [0.1, 0.15) is 11.5 Å². The SMILES string of the molecule is O=C(NCC1CN(c2ccc3nnc(C4CC4)n3n2)C1)c1cnccn1. The maximum atomic E-state index is 12.0. The van der Waals surface area contributed by atoms with Gasteiger partial charge >= 0.3 is 0 Å². The number of aromatic nitrogens is 6. The summed E-state index contributed by atoms with van der Waals surface area (Å²) < 4.78 is 1.87. The Balaban J connectivity index is 1.20. The van der Waals surface area contributed by atoms with Crippen molar-refractivity contribution in [2.75, 3.05) is 24.5 Å². The lowest BCUT2D eigenvalue weighted by Crippen LogP contribution is -2.52. The van der Waals surface area contributed by atoms with Gasteiger partial charge in [0.05, 0.1) is 6.20 Å². The molecule has 1 aliphatic carbocycles. The minimum Gasteiger partial charge on any atom is -0.354 e. The van der Waals surface area contributed by atoms with Crippen molar-refractivity contribution >= 4 is 17.4 Å². The van der Waals surface area contributed by atoms with Crippen molar-refractivity contribution < 1.29 is 4.79 Å². The molecular formula is C17H18N8O. The van der Waals surface area contributed by atoms with E-state index in [2.05, 4.69) is 30.4 Å². The van der Waals surface area contributed by atoms with Crippen LogP contribution in [0.25, 0.3) is 5.65 Å². The predicted octanol–water partition coefficient (Wildman–Crippen LogP) is 0.658. The zero-order valence-electron chi connectivity index (χ0n) is 14.1. The summed E-state index contributed by atoms with van der Waals surface area (Å²) in [6.07, 6.45) is 6.88. The van der Waals surface area contributed by atoms with E-state index < -0.39 is 0 Å². The maximum Gasteiger partial charge on any atom is 0.271 e. The van der Waals surface area contributed by atoms with Crippen molar-refractivity contribution in [2.24, 2.45) is 5.92 Å². The van der Waals surface area contributed by atoms with Crippen molar-refractivity contribution in [3.05, 3.63) is 42.2 Å². The van der Waals surface area contributed by atoms with Crippen LogP contribution in [0.4, 0.5) is 5.82 Å². The number of nitrogens with one attached hydrogen (secondary N) is 1. The second-order valence-electron chi connectivity index (χ2n) is 6.87. The van der Waals surface area contributed by atoms with Crippen LogP contribution in [-0.2, 0) is 0 Å². The number of rotatable bonds is 5. The van der Waals surface area contributed by atoms with Crippen molar-refractivity contribution in [3.8, 4) is 0 Å². The first-order chi connectivity index (χ1) is 12.8. The minimum atomic E-state index is -0.186. The van der Waals surface area contributed by atoms with Crippen molar-refractivity contribution in [3.63, 3.8) is 0 Å². The highest BCUT2D eigenvalue weighted by Gasteiger charge is 2.31. The van der Waals surface area contributed by atoms with Gasteiger partial charge < -0.3 is 10.2 Å². The van der Waals surface area contributed by atoms with Crippen molar-refractivity contribution in [2.45, 2.75) is 18.8 Å². The number of carbonyl (C=O) groups excluding carboxylic acids is 1. The standard InChI is InChI=1S/C17H18N8O/c26-17(13-8-18-5-6-19-13)20-7-11-9-24(10-11)15-4-3-14-21-22-16(12-1-2-12)25(14)23-15/h3-6,8,11-12H,1-2,7,9-10H2,(H,20,26). The molecule has 9 heteroatoms. The molecule has 0 aromatic carbocycles. The van der Waals surface area contributed by atoms with Gasteiger partial charge in [-0.2, -0.15) is 4.52 Å². The smallest absolute Gasteiger partial charge is 0.271 e. The van der Waals surface area contributed by atoms with E-state index in [4.69, 9.17) is 5.10 Å². The molecule has 1 saturated carbocycles. The van der Waals surface area contributed by atoms with Crippen LogP contribution in [0.5, 0.6) is 0 Å². The molecule has 3 aromatic heterocycles. The van der Waals surface area contributed by atoms with Crippen LogP contribution in [0.15, 0.2) is 30.7 Å². The zero-order chi connectivity index (χ0) is 17.5. The molecule has 2 fully saturated rings. The largest absolute Gasteiger partial charge is 0.354 e.